The van der Waals surface area contributed by atoms with Crippen molar-refractivity contribution in [3.05, 3.63) is 95.8 Å². The Morgan fingerprint density at radius 3 is 2.26 bits per heavy atom. The fourth-order valence-electron chi connectivity index (χ4n) is 5.11. The third-order valence-corrected chi connectivity index (χ3v) is 7.27. The second-order valence-electron chi connectivity index (χ2n) is 10.3. The van der Waals surface area contributed by atoms with E-state index in [4.69, 9.17) is 0 Å². The molecule has 0 bridgehead atoms. The van der Waals surface area contributed by atoms with Crippen molar-refractivity contribution in [3.8, 4) is 11.1 Å². The molecule has 3 nitrogen and oxygen atoms in total. The van der Waals surface area contributed by atoms with E-state index in [0.29, 0.717) is 24.9 Å². The van der Waals surface area contributed by atoms with E-state index in [1.165, 1.54) is 0 Å². The van der Waals surface area contributed by atoms with Crippen LogP contribution in [0.1, 0.15) is 63.6 Å². The third kappa shape index (κ3) is 5.23. The molecule has 4 heteroatoms. The zero-order chi connectivity index (χ0) is 24.3. The molecule has 1 aliphatic rings. The SMILES string of the molecule is C[C@@H](c1ccc(-c2ccccc2)c(F)c1)N1CC[C@](CCC(C)(C)O)(c2ccccc2)CC1=O. The quantitative estimate of drug-likeness (QED) is 0.429. The first kappa shape index (κ1) is 24.2. The summed E-state index contributed by atoms with van der Waals surface area (Å²) in [6.45, 7) is 6.21. The maximum Gasteiger partial charge on any atom is 0.223 e. The molecule has 34 heavy (non-hydrogen) atoms. The van der Waals surface area contributed by atoms with Crippen LogP contribution in [0.5, 0.6) is 0 Å². The van der Waals surface area contributed by atoms with Crippen LogP contribution in [0.3, 0.4) is 0 Å². The van der Waals surface area contributed by atoms with E-state index in [1.54, 1.807) is 6.07 Å². The van der Waals surface area contributed by atoms with Crippen LogP contribution in [0.2, 0.25) is 0 Å². The average Bonchev–Trinajstić information content (AvgIpc) is 2.83. The van der Waals surface area contributed by atoms with Gasteiger partial charge in [0.15, 0.2) is 0 Å². The van der Waals surface area contributed by atoms with Crippen molar-refractivity contribution < 1.29 is 14.3 Å². The summed E-state index contributed by atoms with van der Waals surface area (Å²) < 4.78 is 15.0. The van der Waals surface area contributed by atoms with Crippen molar-refractivity contribution >= 4 is 5.91 Å². The van der Waals surface area contributed by atoms with Gasteiger partial charge in [0.05, 0.1) is 11.6 Å². The third-order valence-electron chi connectivity index (χ3n) is 7.27. The Hall–Kier alpha value is -2.98. The first-order valence-corrected chi connectivity index (χ1v) is 12.1. The number of amides is 1. The van der Waals surface area contributed by atoms with E-state index in [9.17, 15) is 14.3 Å². The molecule has 4 rings (SSSR count). The lowest BCUT2D eigenvalue weighted by molar-refractivity contribution is -0.138. The number of benzene rings is 3. The Balaban J connectivity index is 1.55. The predicted molar refractivity (Wildman–Crippen MR) is 135 cm³/mol. The molecule has 1 amide bonds. The highest BCUT2D eigenvalue weighted by Crippen LogP contribution is 2.43. The average molecular weight is 460 g/mol. The van der Waals surface area contributed by atoms with Crippen molar-refractivity contribution in [2.45, 2.75) is 63.5 Å². The lowest BCUT2D eigenvalue weighted by Crippen LogP contribution is -2.47. The maximum absolute atomic E-state index is 15.0. The summed E-state index contributed by atoms with van der Waals surface area (Å²) in [5.41, 5.74) is 2.28. The normalized spacial score (nSPS) is 19.8. The van der Waals surface area contributed by atoms with E-state index < -0.39 is 5.60 Å². The van der Waals surface area contributed by atoms with Crippen LogP contribution in [0.15, 0.2) is 78.9 Å². The van der Waals surface area contributed by atoms with Crippen molar-refractivity contribution in [1.29, 1.82) is 0 Å². The van der Waals surface area contributed by atoms with Crippen LogP contribution in [0.4, 0.5) is 4.39 Å². The highest BCUT2D eigenvalue weighted by Gasteiger charge is 2.42. The first-order chi connectivity index (χ1) is 16.2. The number of hydrogen-bond acceptors (Lipinski definition) is 2. The fourth-order valence-corrected chi connectivity index (χ4v) is 5.11. The van der Waals surface area contributed by atoms with Gasteiger partial charge in [0.1, 0.15) is 5.82 Å². The minimum absolute atomic E-state index is 0.0749. The summed E-state index contributed by atoms with van der Waals surface area (Å²) >= 11 is 0. The minimum Gasteiger partial charge on any atom is -0.390 e. The molecule has 178 valence electrons. The molecule has 0 aliphatic carbocycles. The smallest absolute Gasteiger partial charge is 0.223 e. The van der Waals surface area contributed by atoms with Crippen molar-refractivity contribution in [1.82, 2.24) is 4.90 Å². The highest BCUT2D eigenvalue weighted by molar-refractivity contribution is 5.79. The number of likely N-dealkylation sites (tertiary alicyclic amines) is 1. The fraction of sp³-hybridized carbons (Fsp3) is 0.367. The zero-order valence-corrected chi connectivity index (χ0v) is 20.3. The topological polar surface area (TPSA) is 40.5 Å². The monoisotopic (exact) mass is 459 g/mol. The largest absolute Gasteiger partial charge is 0.390 e. The Kier molecular flexibility index (Phi) is 6.90. The molecule has 1 N–H and O–H groups in total. The standard InChI is InChI=1S/C30H34FNO2/c1-22(24-14-15-26(27(31)20-24)23-10-6-4-7-11-23)32-19-18-30(21-28(32)33,17-16-29(2,3)34)25-12-8-5-9-13-25/h4-15,20,22,34H,16-19,21H2,1-3H3/t22-,30-/m0/s1. The lowest BCUT2D eigenvalue weighted by atomic mass is 9.68. The summed E-state index contributed by atoms with van der Waals surface area (Å²) in [5.74, 6) is -0.199. The predicted octanol–water partition coefficient (Wildman–Crippen LogP) is 6.67. The van der Waals surface area contributed by atoms with Crippen LogP contribution in [0.25, 0.3) is 11.1 Å². The first-order valence-electron chi connectivity index (χ1n) is 12.1. The van der Waals surface area contributed by atoms with Gasteiger partial charge < -0.3 is 10.0 Å². The summed E-state index contributed by atoms with van der Waals surface area (Å²) in [4.78, 5) is 15.3. The molecule has 0 unspecified atom stereocenters. The number of carbonyl (C=O) groups is 1. The Morgan fingerprint density at radius 1 is 1.03 bits per heavy atom. The molecular formula is C30H34FNO2. The molecule has 1 saturated heterocycles. The highest BCUT2D eigenvalue weighted by atomic mass is 19.1. The molecule has 3 aromatic carbocycles. The van der Waals surface area contributed by atoms with Gasteiger partial charge in [-0.1, -0.05) is 72.8 Å². The van der Waals surface area contributed by atoms with Crippen molar-refractivity contribution in [2.75, 3.05) is 6.54 Å². The van der Waals surface area contributed by atoms with Crippen LogP contribution < -0.4 is 0 Å². The summed E-state index contributed by atoms with van der Waals surface area (Å²) in [5, 5.41) is 10.4. The van der Waals surface area contributed by atoms with Crippen LogP contribution >= 0.6 is 0 Å². The van der Waals surface area contributed by atoms with Crippen molar-refractivity contribution in [3.63, 3.8) is 0 Å². The maximum atomic E-state index is 15.0. The van der Waals surface area contributed by atoms with E-state index in [2.05, 4.69) is 12.1 Å². The van der Waals surface area contributed by atoms with Gasteiger partial charge in [-0.25, -0.2) is 4.39 Å². The second-order valence-corrected chi connectivity index (χ2v) is 10.3. The van der Waals surface area contributed by atoms with Crippen LogP contribution in [-0.4, -0.2) is 28.1 Å². The Bertz CT molecular complexity index is 1120. The van der Waals surface area contributed by atoms with E-state index in [0.717, 1.165) is 29.5 Å². The van der Waals surface area contributed by atoms with Gasteiger partial charge in [-0.05, 0) is 62.8 Å². The number of halogens is 1. The minimum atomic E-state index is -0.784. The molecule has 0 saturated carbocycles. The molecule has 0 aromatic heterocycles. The van der Waals surface area contributed by atoms with E-state index >= 15 is 0 Å². The van der Waals surface area contributed by atoms with E-state index in [1.807, 2.05) is 86.3 Å². The van der Waals surface area contributed by atoms with Gasteiger partial charge in [0.2, 0.25) is 5.91 Å². The van der Waals surface area contributed by atoms with Crippen molar-refractivity contribution in [2.24, 2.45) is 0 Å². The number of rotatable bonds is 7. The van der Waals surface area contributed by atoms with E-state index in [-0.39, 0.29) is 23.2 Å². The summed E-state index contributed by atoms with van der Waals surface area (Å²) in [6.07, 6.45) is 2.57. The number of nitrogens with zero attached hydrogens (tertiary/aromatic N) is 1. The summed E-state index contributed by atoms with van der Waals surface area (Å²) in [6, 6.07) is 24.8. The number of aliphatic hydroxyl groups is 1. The summed E-state index contributed by atoms with van der Waals surface area (Å²) in [7, 11) is 0. The van der Waals surface area contributed by atoms with Crippen LogP contribution in [-0.2, 0) is 10.2 Å². The zero-order valence-electron chi connectivity index (χ0n) is 20.3. The molecule has 3 aromatic rings. The van der Waals surface area contributed by atoms with Gasteiger partial charge in [0, 0.05) is 23.9 Å². The molecule has 2 atom stereocenters. The van der Waals surface area contributed by atoms with Gasteiger partial charge in [-0.15, -0.1) is 0 Å². The number of piperidine rings is 1. The molecule has 1 heterocycles. The second kappa shape index (κ2) is 9.71. The van der Waals surface area contributed by atoms with Gasteiger partial charge in [-0.3, -0.25) is 4.79 Å². The number of carbonyl (C=O) groups excluding carboxylic acids is 1. The molecule has 1 aliphatic heterocycles. The van der Waals surface area contributed by atoms with Gasteiger partial charge in [-0.2, -0.15) is 0 Å². The molecule has 1 fully saturated rings. The Morgan fingerprint density at radius 2 is 1.68 bits per heavy atom. The van der Waals surface area contributed by atoms with Crippen LogP contribution in [0, 0.1) is 5.82 Å². The molecule has 0 radical (unpaired) electrons. The number of hydrogen-bond donors (Lipinski definition) is 1. The Labute approximate surface area is 202 Å². The van der Waals surface area contributed by atoms with Gasteiger partial charge >= 0.3 is 0 Å². The van der Waals surface area contributed by atoms with Gasteiger partial charge in [0.25, 0.3) is 0 Å². The lowest BCUT2D eigenvalue weighted by Gasteiger charge is -2.44. The molecule has 0 spiro atoms. The molecular weight excluding hydrogens is 425 g/mol.